The normalized spacial score (nSPS) is 41.8. The number of hydrogen-bond acceptors (Lipinski definition) is 5. The number of amides is 1. The minimum Gasteiger partial charge on any atom is -0.394 e. The lowest BCUT2D eigenvalue weighted by molar-refractivity contribution is -0.198. The number of aliphatic hydroxyl groups is 1. The van der Waals surface area contributed by atoms with Gasteiger partial charge in [0.25, 0.3) is 0 Å². The highest BCUT2D eigenvalue weighted by molar-refractivity contribution is 5.86. The lowest BCUT2D eigenvalue weighted by atomic mass is 9.77. The molecule has 0 aromatic carbocycles. The van der Waals surface area contributed by atoms with Crippen molar-refractivity contribution in [3.8, 4) is 0 Å². The Labute approximate surface area is 144 Å². The van der Waals surface area contributed by atoms with Crippen LogP contribution < -0.4 is 0 Å². The summed E-state index contributed by atoms with van der Waals surface area (Å²) in [5.41, 5.74) is -1.83. The van der Waals surface area contributed by atoms with E-state index in [1.54, 1.807) is 4.90 Å². The molecule has 3 heterocycles. The largest absolute Gasteiger partial charge is 0.394 e. The standard InChI is InChI=1S/C18H31NO5/c1-6-7-8-22-13-9-12-14(21)19-15(16(2,3)4)23-11-18(19,10-20)17(12,5)24-13/h12-13,15,20H,6-11H2,1-5H3/t12-,13-,15-,17-,18-/m0/s1. The Morgan fingerprint density at radius 1 is 1.42 bits per heavy atom. The first-order valence-corrected chi connectivity index (χ1v) is 9.06. The average Bonchev–Trinajstić information content (AvgIpc) is 3.10. The van der Waals surface area contributed by atoms with Crippen LogP contribution >= 0.6 is 0 Å². The van der Waals surface area contributed by atoms with Gasteiger partial charge in [-0.1, -0.05) is 34.1 Å². The molecule has 0 aromatic rings. The first-order chi connectivity index (χ1) is 11.2. The summed E-state index contributed by atoms with van der Waals surface area (Å²) in [7, 11) is 0. The maximum Gasteiger partial charge on any atom is 0.231 e. The van der Waals surface area contributed by atoms with Crippen LogP contribution in [0, 0.1) is 11.3 Å². The summed E-state index contributed by atoms with van der Waals surface area (Å²) in [4.78, 5) is 14.9. The summed E-state index contributed by atoms with van der Waals surface area (Å²) in [6, 6.07) is 0. The molecule has 24 heavy (non-hydrogen) atoms. The fourth-order valence-corrected chi connectivity index (χ4v) is 4.43. The van der Waals surface area contributed by atoms with Gasteiger partial charge < -0.3 is 24.2 Å². The Morgan fingerprint density at radius 2 is 2.12 bits per heavy atom. The van der Waals surface area contributed by atoms with Crippen LogP contribution in [0.2, 0.25) is 0 Å². The number of carbonyl (C=O) groups excluding carboxylic acids is 1. The van der Waals surface area contributed by atoms with Crippen LogP contribution in [0.25, 0.3) is 0 Å². The van der Waals surface area contributed by atoms with E-state index < -0.39 is 11.1 Å². The molecule has 0 radical (unpaired) electrons. The van der Waals surface area contributed by atoms with Crippen LogP contribution in [0.1, 0.15) is 53.9 Å². The summed E-state index contributed by atoms with van der Waals surface area (Å²) in [5, 5.41) is 10.2. The summed E-state index contributed by atoms with van der Waals surface area (Å²) < 4.78 is 18.0. The molecule has 3 rings (SSSR count). The van der Waals surface area contributed by atoms with Crippen molar-refractivity contribution in [2.75, 3.05) is 19.8 Å². The molecule has 1 amide bonds. The minimum absolute atomic E-state index is 0.0190. The zero-order valence-corrected chi connectivity index (χ0v) is 15.5. The van der Waals surface area contributed by atoms with E-state index in [0.717, 1.165) is 12.8 Å². The Balaban J connectivity index is 1.87. The fourth-order valence-electron chi connectivity index (χ4n) is 4.43. The molecule has 3 aliphatic heterocycles. The topological polar surface area (TPSA) is 68.2 Å². The first kappa shape index (κ1) is 18.1. The number of ether oxygens (including phenoxy) is 3. The number of rotatable bonds is 5. The Hall–Kier alpha value is -0.690. The van der Waals surface area contributed by atoms with E-state index in [2.05, 4.69) is 6.92 Å². The third-order valence-electron chi connectivity index (χ3n) is 5.91. The molecular formula is C18H31NO5. The Morgan fingerprint density at radius 3 is 2.71 bits per heavy atom. The van der Waals surface area contributed by atoms with Gasteiger partial charge in [0.05, 0.1) is 19.1 Å². The van der Waals surface area contributed by atoms with Gasteiger partial charge in [0.1, 0.15) is 17.4 Å². The van der Waals surface area contributed by atoms with Gasteiger partial charge in [0.2, 0.25) is 5.91 Å². The van der Waals surface area contributed by atoms with Crippen molar-refractivity contribution in [3.05, 3.63) is 0 Å². The smallest absolute Gasteiger partial charge is 0.231 e. The highest BCUT2D eigenvalue weighted by Crippen LogP contribution is 2.57. The van der Waals surface area contributed by atoms with E-state index in [0.29, 0.717) is 19.6 Å². The number of hydrogen-bond donors (Lipinski definition) is 1. The SMILES string of the molecule is CCCCO[C@@H]1C[C@H]2C(=O)N3[C@H](C(C)(C)C)OC[C@@]3(CO)[C@@]2(C)O1. The molecule has 0 aliphatic carbocycles. The Bertz CT molecular complexity index is 504. The van der Waals surface area contributed by atoms with Gasteiger partial charge in [-0.05, 0) is 13.3 Å². The van der Waals surface area contributed by atoms with Gasteiger partial charge in [-0.3, -0.25) is 4.79 Å². The van der Waals surface area contributed by atoms with Crippen molar-refractivity contribution in [1.82, 2.24) is 4.90 Å². The van der Waals surface area contributed by atoms with Crippen LogP contribution in [0.15, 0.2) is 0 Å². The third kappa shape index (κ3) is 2.34. The maximum atomic E-state index is 13.2. The monoisotopic (exact) mass is 341 g/mol. The molecule has 138 valence electrons. The molecule has 0 bridgehead atoms. The van der Waals surface area contributed by atoms with Crippen LogP contribution in [-0.2, 0) is 19.0 Å². The van der Waals surface area contributed by atoms with Crippen LogP contribution in [0.5, 0.6) is 0 Å². The van der Waals surface area contributed by atoms with Crippen LogP contribution in [0.4, 0.5) is 0 Å². The lowest BCUT2D eigenvalue weighted by Gasteiger charge is -2.42. The van der Waals surface area contributed by atoms with Crippen molar-refractivity contribution < 1.29 is 24.1 Å². The number of unbranched alkanes of at least 4 members (excludes halogenated alkanes) is 1. The average molecular weight is 341 g/mol. The summed E-state index contributed by atoms with van der Waals surface area (Å²) in [5.74, 6) is -0.268. The van der Waals surface area contributed by atoms with Crippen molar-refractivity contribution in [1.29, 1.82) is 0 Å². The second kappa shape index (κ2) is 5.94. The van der Waals surface area contributed by atoms with E-state index in [1.165, 1.54) is 0 Å². The van der Waals surface area contributed by atoms with E-state index >= 15 is 0 Å². The van der Waals surface area contributed by atoms with Gasteiger partial charge >= 0.3 is 0 Å². The second-order valence-corrected chi connectivity index (χ2v) is 8.59. The number of aliphatic hydroxyl groups excluding tert-OH is 1. The third-order valence-corrected chi connectivity index (χ3v) is 5.91. The van der Waals surface area contributed by atoms with E-state index in [1.807, 2.05) is 27.7 Å². The lowest BCUT2D eigenvalue weighted by Crippen LogP contribution is -2.61. The predicted molar refractivity (Wildman–Crippen MR) is 88.1 cm³/mol. The quantitative estimate of drug-likeness (QED) is 0.774. The van der Waals surface area contributed by atoms with Crippen LogP contribution in [0.3, 0.4) is 0 Å². The van der Waals surface area contributed by atoms with Gasteiger partial charge in [-0.2, -0.15) is 0 Å². The maximum absolute atomic E-state index is 13.2. The fraction of sp³-hybridized carbons (Fsp3) is 0.944. The first-order valence-electron chi connectivity index (χ1n) is 9.06. The molecule has 0 unspecified atom stereocenters. The summed E-state index contributed by atoms with van der Waals surface area (Å²) in [6.45, 7) is 11.0. The molecule has 6 nitrogen and oxygen atoms in total. The molecule has 3 fully saturated rings. The number of nitrogens with zero attached hydrogens (tertiary/aromatic N) is 1. The van der Waals surface area contributed by atoms with E-state index in [4.69, 9.17) is 14.2 Å². The number of carbonyl (C=O) groups is 1. The zero-order valence-electron chi connectivity index (χ0n) is 15.5. The van der Waals surface area contributed by atoms with Gasteiger partial charge in [-0.15, -0.1) is 0 Å². The van der Waals surface area contributed by atoms with Crippen molar-refractivity contribution >= 4 is 5.91 Å². The predicted octanol–water partition coefficient (Wildman–Crippen LogP) is 1.90. The van der Waals surface area contributed by atoms with Gasteiger partial charge in [0, 0.05) is 18.4 Å². The van der Waals surface area contributed by atoms with Crippen LogP contribution in [-0.4, -0.2) is 59.4 Å². The van der Waals surface area contributed by atoms with Gasteiger partial charge in [0.15, 0.2) is 6.29 Å². The van der Waals surface area contributed by atoms with Crippen molar-refractivity contribution in [2.24, 2.45) is 11.3 Å². The van der Waals surface area contributed by atoms with Gasteiger partial charge in [-0.25, -0.2) is 0 Å². The Kier molecular flexibility index (Phi) is 4.48. The van der Waals surface area contributed by atoms with E-state index in [-0.39, 0.29) is 36.4 Å². The molecule has 6 heteroatoms. The molecule has 0 spiro atoms. The summed E-state index contributed by atoms with van der Waals surface area (Å²) in [6.07, 6.45) is 1.86. The molecular weight excluding hydrogens is 310 g/mol. The highest BCUT2D eigenvalue weighted by atomic mass is 16.7. The zero-order chi connectivity index (χ0) is 17.8. The summed E-state index contributed by atoms with van der Waals surface area (Å²) >= 11 is 0. The van der Waals surface area contributed by atoms with Crippen molar-refractivity contribution in [3.63, 3.8) is 0 Å². The molecule has 0 aromatic heterocycles. The van der Waals surface area contributed by atoms with E-state index in [9.17, 15) is 9.90 Å². The molecule has 3 saturated heterocycles. The minimum atomic E-state index is -0.824. The van der Waals surface area contributed by atoms with Crippen molar-refractivity contribution in [2.45, 2.75) is 77.5 Å². The highest BCUT2D eigenvalue weighted by Gasteiger charge is 2.75. The molecule has 5 atom stereocenters. The molecule has 3 aliphatic rings. The number of fused-ring (bicyclic) bond motifs is 3. The molecule has 1 N–H and O–H groups in total. The molecule has 0 saturated carbocycles. The second-order valence-electron chi connectivity index (χ2n) is 8.59.